The minimum absolute atomic E-state index is 0.0155. The van der Waals surface area contributed by atoms with Gasteiger partial charge in [-0.15, -0.1) is 0 Å². The molecule has 0 unspecified atom stereocenters. The van der Waals surface area contributed by atoms with Gasteiger partial charge in [0.05, 0.1) is 6.42 Å². The van der Waals surface area contributed by atoms with Gasteiger partial charge in [-0.3, -0.25) is 9.59 Å². The highest BCUT2D eigenvalue weighted by Gasteiger charge is 2.07. The number of aryl methyl sites for hydroxylation is 1. The summed E-state index contributed by atoms with van der Waals surface area (Å²) in [6.07, 6.45) is 0.322. The molecule has 0 fully saturated rings. The number of anilines is 1. The second-order valence-corrected chi connectivity index (χ2v) is 6.25. The van der Waals surface area contributed by atoms with E-state index < -0.39 is 0 Å². The van der Waals surface area contributed by atoms with Crippen LogP contribution in [0.2, 0.25) is 0 Å². The van der Waals surface area contributed by atoms with E-state index in [-0.39, 0.29) is 24.5 Å². The van der Waals surface area contributed by atoms with E-state index in [0.717, 1.165) is 11.1 Å². The van der Waals surface area contributed by atoms with Gasteiger partial charge in [0.15, 0.2) is 6.61 Å². The molecule has 0 aliphatic rings. The van der Waals surface area contributed by atoms with Gasteiger partial charge < -0.3 is 15.4 Å². The van der Waals surface area contributed by atoms with E-state index in [0.29, 0.717) is 17.9 Å². The smallest absolute Gasteiger partial charge is 0.262 e. The van der Waals surface area contributed by atoms with E-state index in [4.69, 9.17) is 4.74 Å². The summed E-state index contributed by atoms with van der Waals surface area (Å²) in [6.45, 7) is 5.79. The Hall–Kier alpha value is -2.82. The van der Waals surface area contributed by atoms with Crippen LogP contribution in [0.3, 0.4) is 0 Å². The Bertz CT molecular complexity index is 707. The highest BCUT2D eigenvalue weighted by atomic mass is 16.5. The van der Waals surface area contributed by atoms with Gasteiger partial charge in [-0.05, 0) is 50.6 Å². The van der Waals surface area contributed by atoms with E-state index in [1.807, 2.05) is 57.2 Å². The summed E-state index contributed by atoms with van der Waals surface area (Å²) >= 11 is 0. The lowest BCUT2D eigenvalue weighted by molar-refractivity contribution is -0.121. The lowest BCUT2D eigenvalue weighted by Crippen LogP contribution is -2.31. The molecule has 0 spiro atoms. The van der Waals surface area contributed by atoms with Crippen LogP contribution in [-0.2, 0) is 16.0 Å². The second kappa shape index (κ2) is 8.87. The maximum Gasteiger partial charge on any atom is 0.262 e. The van der Waals surface area contributed by atoms with Crippen LogP contribution >= 0.6 is 0 Å². The van der Waals surface area contributed by atoms with E-state index >= 15 is 0 Å². The SMILES string of the molecule is Cc1ccc(OCC(=O)Nc2ccc(CC(=O)NC(C)C)cc2)cc1. The van der Waals surface area contributed by atoms with Gasteiger partial charge in [0.25, 0.3) is 5.91 Å². The van der Waals surface area contributed by atoms with Crippen molar-refractivity contribution < 1.29 is 14.3 Å². The summed E-state index contributed by atoms with van der Waals surface area (Å²) in [7, 11) is 0. The molecule has 0 saturated heterocycles. The van der Waals surface area contributed by atoms with Crippen LogP contribution in [0.1, 0.15) is 25.0 Å². The molecule has 25 heavy (non-hydrogen) atoms. The third-order valence-electron chi connectivity index (χ3n) is 3.44. The van der Waals surface area contributed by atoms with E-state index in [1.54, 1.807) is 12.1 Å². The van der Waals surface area contributed by atoms with E-state index in [2.05, 4.69) is 10.6 Å². The Morgan fingerprint density at radius 3 is 2.20 bits per heavy atom. The number of hydrogen-bond donors (Lipinski definition) is 2. The predicted octanol–water partition coefficient (Wildman–Crippen LogP) is 3.08. The molecule has 0 aromatic heterocycles. The molecule has 0 aliphatic carbocycles. The normalized spacial score (nSPS) is 10.4. The van der Waals surface area contributed by atoms with Crippen LogP contribution in [0.5, 0.6) is 5.75 Å². The fourth-order valence-electron chi connectivity index (χ4n) is 2.24. The molecule has 2 aromatic carbocycles. The van der Waals surface area contributed by atoms with Gasteiger partial charge in [0.1, 0.15) is 5.75 Å². The molecule has 0 bridgehead atoms. The number of ether oxygens (including phenoxy) is 1. The topological polar surface area (TPSA) is 67.4 Å². The summed E-state index contributed by atoms with van der Waals surface area (Å²) in [5.74, 6) is 0.413. The third kappa shape index (κ3) is 6.67. The van der Waals surface area contributed by atoms with Crippen molar-refractivity contribution in [2.75, 3.05) is 11.9 Å². The first-order chi connectivity index (χ1) is 11.9. The number of hydrogen-bond acceptors (Lipinski definition) is 3. The highest BCUT2D eigenvalue weighted by Crippen LogP contribution is 2.13. The number of nitrogens with one attached hydrogen (secondary N) is 2. The average Bonchev–Trinajstić information content (AvgIpc) is 2.55. The van der Waals surface area contributed by atoms with Gasteiger partial charge >= 0.3 is 0 Å². The Morgan fingerprint density at radius 1 is 0.960 bits per heavy atom. The molecule has 2 aromatic rings. The summed E-state index contributed by atoms with van der Waals surface area (Å²) in [5, 5.41) is 5.62. The Morgan fingerprint density at radius 2 is 1.60 bits per heavy atom. The molecule has 0 atom stereocenters. The zero-order chi connectivity index (χ0) is 18.2. The van der Waals surface area contributed by atoms with E-state index in [9.17, 15) is 9.59 Å². The fraction of sp³-hybridized carbons (Fsp3) is 0.300. The minimum atomic E-state index is -0.231. The van der Waals surface area contributed by atoms with Gasteiger partial charge in [0.2, 0.25) is 5.91 Å². The lowest BCUT2D eigenvalue weighted by atomic mass is 10.1. The summed E-state index contributed by atoms with van der Waals surface area (Å²) in [5.41, 5.74) is 2.71. The Kier molecular flexibility index (Phi) is 6.57. The van der Waals surface area contributed by atoms with Crippen molar-refractivity contribution >= 4 is 17.5 Å². The van der Waals surface area contributed by atoms with E-state index in [1.165, 1.54) is 0 Å². The number of amides is 2. The summed E-state index contributed by atoms with van der Waals surface area (Å²) < 4.78 is 5.44. The number of benzene rings is 2. The molecule has 2 N–H and O–H groups in total. The van der Waals surface area contributed by atoms with Gasteiger partial charge in [0, 0.05) is 11.7 Å². The van der Waals surface area contributed by atoms with Crippen LogP contribution in [0, 0.1) is 6.92 Å². The average molecular weight is 340 g/mol. The number of carbonyl (C=O) groups excluding carboxylic acids is 2. The molecular formula is C20H24N2O3. The van der Waals surface area contributed by atoms with Crippen LogP contribution in [0.4, 0.5) is 5.69 Å². The lowest BCUT2D eigenvalue weighted by Gasteiger charge is -2.10. The molecule has 0 saturated carbocycles. The fourth-order valence-corrected chi connectivity index (χ4v) is 2.24. The first-order valence-corrected chi connectivity index (χ1v) is 8.30. The van der Waals surface area contributed by atoms with Crippen molar-refractivity contribution in [1.29, 1.82) is 0 Å². The van der Waals surface area contributed by atoms with Crippen molar-refractivity contribution in [3.63, 3.8) is 0 Å². The summed E-state index contributed by atoms with van der Waals surface area (Å²) in [6, 6.07) is 14.9. The molecule has 5 nitrogen and oxygen atoms in total. The number of carbonyl (C=O) groups is 2. The monoisotopic (exact) mass is 340 g/mol. The molecule has 0 heterocycles. The number of rotatable bonds is 7. The summed E-state index contributed by atoms with van der Waals surface area (Å²) in [4.78, 5) is 23.7. The minimum Gasteiger partial charge on any atom is -0.484 e. The predicted molar refractivity (Wildman–Crippen MR) is 98.7 cm³/mol. The molecule has 0 radical (unpaired) electrons. The first-order valence-electron chi connectivity index (χ1n) is 8.30. The zero-order valence-corrected chi connectivity index (χ0v) is 14.8. The van der Waals surface area contributed by atoms with Gasteiger partial charge in [-0.2, -0.15) is 0 Å². The molecule has 2 amide bonds. The third-order valence-corrected chi connectivity index (χ3v) is 3.44. The van der Waals surface area contributed by atoms with Crippen molar-refractivity contribution in [2.45, 2.75) is 33.2 Å². The first kappa shape index (κ1) is 18.5. The van der Waals surface area contributed by atoms with Gasteiger partial charge in [-0.1, -0.05) is 29.8 Å². The van der Waals surface area contributed by atoms with Crippen molar-refractivity contribution in [2.24, 2.45) is 0 Å². The zero-order valence-electron chi connectivity index (χ0n) is 14.8. The molecule has 132 valence electrons. The largest absolute Gasteiger partial charge is 0.484 e. The maximum atomic E-state index is 11.9. The van der Waals surface area contributed by atoms with Gasteiger partial charge in [-0.25, -0.2) is 0 Å². The quantitative estimate of drug-likeness (QED) is 0.814. The Labute approximate surface area is 148 Å². The highest BCUT2D eigenvalue weighted by molar-refractivity contribution is 5.92. The molecule has 5 heteroatoms. The maximum absolute atomic E-state index is 11.9. The van der Waals surface area contributed by atoms with Crippen molar-refractivity contribution in [3.8, 4) is 5.75 Å². The molecular weight excluding hydrogens is 316 g/mol. The Balaban J connectivity index is 1.80. The standard InChI is InChI=1S/C20H24N2O3/c1-14(2)21-19(23)12-16-6-8-17(9-7-16)22-20(24)13-25-18-10-4-15(3)5-11-18/h4-11,14H,12-13H2,1-3H3,(H,21,23)(H,22,24). The van der Waals surface area contributed by atoms with Crippen molar-refractivity contribution in [1.82, 2.24) is 5.32 Å². The van der Waals surface area contributed by atoms with Crippen LogP contribution in [0.15, 0.2) is 48.5 Å². The molecule has 2 rings (SSSR count). The van der Waals surface area contributed by atoms with Crippen LogP contribution in [-0.4, -0.2) is 24.5 Å². The second-order valence-electron chi connectivity index (χ2n) is 6.25. The molecule has 0 aliphatic heterocycles. The van der Waals surface area contributed by atoms with Crippen LogP contribution < -0.4 is 15.4 Å². The van der Waals surface area contributed by atoms with Crippen molar-refractivity contribution in [3.05, 3.63) is 59.7 Å². The van der Waals surface area contributed by atoms with Crippen LogP contribution in [0.25, 0.3) is 0 Å².